The fraction of sp³-hybridized carbons (Fsp3) is 0.769. The maximum absolute atomic E-state index is 4.45. The molecule has 3 heteroatoms. The smallest absolute Gasteiger partial charge is 0.0492 e. The highest BCUT2D eigenvalue weighted by atomic mass is 15.3. The van der Waals surface area contributed by atoms with Gasteiger partial charge >= 0.3 is 0 Å². The van der Waals surface area contributed by atoms with Crippen LogP contribution in [0.2, 0.25) is 0 Å². The lowest BCUT2D eigenvalue weighted by atomic mass is 9.82. The Bertz CT molecular complexity index is 319. The third-order valence-electron chi connectivity index (χ3n) is 3.70. The summed E-state index contributed by atoms with van der Waals surface area (Å²) in [5.41, 5.74) is 1.45. The number of nitrogens with one attached hydrogen (secondary N) is 1. The summed E-state index contributed by atoms with van der Waals surface area (Å²) in [4.78, 5) is 0. The Kier molecular flexibility index (Phi) is 3.99. The first-order valence-electron chi connectivity index (χ1n) is 6.59. The van der Waals surface area contributed by atoms with Crippen LogP contribution in [0.15, 0.2) is 12.3 Å². The van der Waals surface area contributed by atoms with Crippen molar-refractivity contribution >= 4 is 0 Å². The van der Waals surface area contributed by atoms with E-state index in [1.807, 2.05) is 6.20 Å². The van der Waals surface area contributed by atoms with Crippen LogP contribution >= 0.6 is 0 Å². The average molecular weight is 221 g/mol. The second kappa shape index (κ2) is 5.48. The number of hydrogen-bond donors (Lipinski definition) is 1. The van der Waals surface area contributed by atoms with E-state index in [4.69, 9.17) is 0 Å². The Labute approximate surface area is 98.2 Å². The summed E-state index contributed by atoms with van der Waals surface area (Å²) >= 11 is 0. The van der Waals surface area contributed by atoms with Gasteiger partial charge in [-0.25, -0.2) is 0 Å². The van der Waals surface area contributed by atoms with Crippen LogP contribution in [0.1, 0.15) is 44.7 Å². The summed E-state index contributed by atoms with van der Waals surface area (Å²) in [5.74, 6) is 1.49. The van der Waals surface area contributed by atoms with E-state index < -0.39 is 0 Å². The van der Waals surface area contributed by atoms with E-state index in [-0.39, 0.29) is 0 Å². The topological polar surface area (TPSA) is 29.9 Å². The van der Waals surface area contributed by atoms with Gasteiger partial charge in [0.1, 0.15) is 0 Å². The minimum absolute atomic E-state index is 0.709. The molecule has 1 saturated heterocycles. The summed E-state index contributed by atoms with van der Waals surface area (Å²) < 4.78 is 2.21. The van der Waals surface area contributed by atoms with E-state index in [9.17, 15) is 0 Å². The minimum atomic E-state index is 0.709. The number of piperidine rings is 1. The fourth-order valence-corrected chi connectivity index (χ4v) is 2.80. The predicted molar refractivity (Wildman–Crippen MR) is 66.5 cm³/mol. The van der Waals surface area contributed by atoms with Crippen molar-refractivity contribution in [3.05, 3.63) is 18.0 Å². The Balaban J connectivity index is 2.16. The SMILES string of the molecule is CCCn1nccc1C1CCNCC1CC. The standard InChI is InChI=1S/C13H23N3/c1-3-9-16-13(6-8-15-16)12-5-7-14-10-11(12)4-2/h6,8,11-12,14H,3-5,7,9-10H2,1-2H3. The lowest BCUT2D eigenvalue weighted by molar-refractivity contribution is 0.303. The highest BCUT2D eigenvalue weighted by Gasteiger charge is 2.27. The predicted octanol–water partition coefficient (Wildman–Crippen LogP) is 2.40. The van der Waals surface area contributed by atoms with Gasteiger partial charge in [0.2, 0.25) is 0 Å². The Hall–Kier alpha value is -0.830. The summed E-state index contributed by atoms with van der Waals surface area (Å²) in [6.45, 7) is 7.88. The van der Waals surface area contributed by atoms with Crippen molar-refractivity contribution in [2.24, 2.45) is 5.92 Å². The van der Waals surface area contributed by atoms with Gasteiger partial charge in [0.15, 0.2) is 0 Å². The van der Waals surface area contributed by atoms with Gasteiger partial charge < -0.3 is 5.32 Å². The molecule has 0 amide bonds. The third kappa shape index (κ3) is 2.29. The number of aryl methyl sites for hydroxylation is 1. The van der Waals surface area contributed by atoms with Crippen LogP contribution in [0.4, 0.5) is 0 Å². The molecule has 1 fully saturated rings. The van der Waals surface area contributed by atoms with Crippen molar-refractivity contribution in [2.45, 2.75) is 45.6 Å². The number of rotatable bonds is 4. The molecule has 0 spiro atoms. The van der Waals surface area contributed by atoms with Crippen molar-refractivity contribution in [3.63, 3.8) is 0 Å². The first-order valence-corrected chi connectivity index (χ1v) is 6.59. The van der Waals surface area contributed by atoms with Crippen LogP contribution in [0.3, 0.4) is 0 Å². The molecule has 1 aliphatic rings. The highest BCUT2D eigenvalue weighted by Crippen LogP contribution is 2.32. The van der Waals surface area contributed by atoms with Crippen molar-refractivity contribution in [2.75, 3.05) is 13.1 Å². The summed E-state index contributed by atoms with van der Waals surface area (Å²) in [7, 11) is 0. The molecule has 0 radical (unpaired) electrons. The fourth-order valence-electron chi connectivity index (χ4n) is 2.80. The molecule has 0 saturated carbocycles. The first-order chi connectivity index (χ1) is 7.86. The van der Waals surface area contributed by atoms with E-state index in [0.29, 0.717) is 5.92 Å². The van der Waals surface area contributed by atoms with Crippen LogP contribution < -0.4 is 5.32 Å². The molecule has 2 rings (SSSR count). The molecule has 1 aromatic heterocycles. The molecule has 90 valence electrons. The van der Waals surface area contributed by atoms with E-state index >= 15 is 0 Å². The molecule has 0 aromatic carbocycles. The van der Waals surface area contributed by atoms with Crippen LogP contribution in [0.5, 0.6) is 0 Å². The summed E-state index contributed by atoms with van der Waals surface area (Å²) in [6, 6.07) is 2.22. The van der Waals surface area contributed by atoms with Crippen LogP contribution in [-0.2, 0) is 6.54 Å². The maximum Gasteiger partial charge on any atom is 0.0492 e. The van der Waals surface area contributed by atoms with Crippen molar-refractivity contribution < 1.29 is 0 Å². The lowest BCUT2D eigenvalue weighted by Crippen LogP contribution is -2.36. The third-order valence-corrected chi connectivity index (χ3v) is 3.70. The minimum Gasteiger partial charge on any atom is -0.316 e. The van der Waals surface area contributed by atoms with Gasteiger partial charge in [-0.05, 0) is 37.9 Å². The Morgan fingerprint density at radius 1 is 1.50 bits per heavy atom. The molecule has 2 heterocycles. The van der Waals surface area contributed by atoms with Gasteiger partial charge in [0, 0.05) is 24.4 Å². The van der Waals surface area contributed by atoms with Gasteiger partial charge in [0.05, 0.1) is 0 Å². The van der Waals surface area contributed by atoms with Crippen LogP contribution in [0.25, 0.3) is 0 Å². The van der Waals surface area contributed by atoms with Gasteiger partial charge in [-0.15, -0.1) is 0 Å². The molecular weight excluding hydrogens is 198 g/mol. The monoisotopic (exact) mass is 221 g/mol. The zero-order valence-corrected chi connectivity index (χ0v) is 10.4. The lowest BCUT2D eigenvalue weighted by Gasteiger charge is -2.31. The van der Waals surface area contributed by atoms with Crippen molar-refractivity contribution in [3.8, 4) is 0 Å². The quantitative estimate of drug-likeness (QED) is 0.846. The second-order valence-electron chi connectivity index (χ2n) is 4.75. The zero-order chi connectivity index (χ0) is 11.4. The average Bonchev–Trinajstić information content (AvgIpc) is 2.77. The first kappa shape index (κ1) is 11.6. The molecule has 2 atom stereocenters. The van der Waals surface area contributed by atoms with Gasteiger partial charge in [-0.1, -0.05) is 20.3 Å². The van der Waals surface area contributed by atoms with E-state index in [1.165, 1.54) is 25.1 Å². The van der Waals surface area contributed by atoms with Gasteiger partial charge in [-0.2, -0.15) is 5.10 Å². The van der Waals surface area contributed by atoms with Crippen molar-refractivity contribution in [1.29, 1.82) is 0 Å². The molecular formula is C13H23N3. The van der Waals surface area contributed by atoms with E-state index in [0.717, 1.165) is 25.4 Å². The van der Waals surface area contributed by atoms with Gasteiger partial charge in [-0.3, -0.25) is 4.68 Å². The summed E-state index contributed by atoms with van der Waals surface area (Å²) in [6.07, 6.45) is 5.64. The molecule has 1 aromatic rings. The van der Waals surface area contributed by atoms with Crippen LogP contribution in [-0.4, -0.2) is 22.9 Å². The zero-order valence-electron chi connectivity index (χ0n) is 10.4. The molecule has 2 unspecified atom stereocenters. The number of aromatic nitrogens is 2. The molecule has 1 aliphatic heterocycles. The Morgan fingerprint density at radius 3 is 3.12 bits per heavy atom. The number of nitrogens with zero attached hydrogens (tertiary/aromatic N) is 2. The van der Waals surface area contributed by atoms with Gasteiger partial charge in [0.25, 0.3) is 0 Å². The van der Waals surface area contributed by atoms with E-state index in [1.54, 1.807) is 0 Å². The maximum atomic E-state index is 4.45. The summed E-state index contributed by atoms with van der Waals surface area (Å²) in [5, 5.41) is 7.95. The highest BCUT2D eigenvalue weighted by molar-refractivity contribution is 5.11. The molecule has 1 N–H and O–H groups in total. The molecule has 3 nitrogen and oxygen atoms in total. The molecule has 0 aliphatic carbocycles. The van der Waals surface area contributed by atoms with Crippen molar-refractivity contribution in [1.82, 2.24) is 15.1 Å². The molecule has 16 heavy (non-hydrogen) atoms. The van der Waals surface area contributed by atoms with Crippen LogP contribution in [0, 0.1) is 5.92 Å². The second-order valence-corrected chi connectivity index (χ2v) is 4.75. The van der Waals surface area contributed by atoms with E-state index in [2.05, 4.69) is 35.0 Å². The Morgan fingerprint density at radius 2 is 2.38 bits per heavy atom. The normalized spacial score (nSPS) is 25.9. The molecule has 0 bridgehead atoms. The largest absolute Gasteiger partial charge is 0.316 e. The number of hydrogen-bond acceptors (Lipinski definition) is 2.